The summed E-state index contributed by atoms with van der Waals surface area (Å²) in [4.78, 5) is 12.4. The quantitative estimate of drug-likeness (QED) is 0.852. The van der Waals surface area contributed by atoms with Gasteiger partial charge in [-0.25, -0.2) is 12.7 Å². The van der Waals surface area contributed by atoms with E-state index in [1.807, 2.05) is 43.3 Å². The molecule has 0 aliphatic carbocycles. The van der Waals surface area contributed by atoms with E-state index in [1.165, 1.54) is 16.1 Å². The maximum atomic E-state index is 12.4. The number of anilines is 1. The summed E-state index contributed by atoms with van der Waals surface area (Å²) in [6.07, 6.45) is 2.27. The van der Waals surface area contributed by atoms with Crippen molar-refractivity contribution in [1.29, 1.82) is 0 Å². The van der Waals surface area contributed by atoms with Gasteiger partial charge in [-0.15, -0.1) is 0 Å². The molecule has 0 aromatic heterocycles. The summed E-state index contributed by atoms with van der Waals surface area (Å²) in [7, 11) is -3.18. The largest absolute Gasteiger partial charge is 0.457 e. The van der Waals surface area contributed by atoms with Gasteiger partial charge in [0.15, 0.2) is 0 Å². The van der Waals surface area contributed by atoms with Gasteiger partial charge in [-0.1, -0.05) is 17.7 Å². The van der Waals surface area contributed by atoms with Gasteiger partial charge in [0.25, 0.3) is 0 Å². The number of sulfonamides is 1. The van der Waals surface area contributed by atoms with Crippen molar-refractivity contribution in [3.8, 4) is 11.5 Å². The first-order valence-corrected chi connectivity index (χ1v) is 10.8. The minimum absolute atomic E-state index is 0.0737. The van der Waals surface area contributed by atoms with Crippen molar-refractivity contribution in [1.82, 2.24) is 4.31 Å². The molecule has 144 valence electrons. The van der Waals surface area contributed by atoms with Crippen LogP contribution in [0.1, 0.15) is 18.4 Å². The first-order chi connectivity index (χ1) is 12.8. The highest BCUT2D eigenvalue weighted by atomic mass is 32.2. The van der Waals surface area contributed by atoms with Crippen LogP contribution in [0.5, 0.6) is 11.5 Å². The lowest BCUT2D eigenvalue weighted by Crippen LogP contribution is -2.40. The van der Waals surface area contributed by atoms with E-state index in [-0.39, 0.29) is 11.8 Å². The van der Waals surface area contributed by atoms with Crippen LogP contribution in [0.25, 0.3) is 0 Å². The van der Waals surface area contributed by atoms with Crippen LogP contribution in [0, 0.1) is 12.8 Å². The average molecular weight is 388 g/mol. The second-order valence-electron chi connectivity index (χ2n) is 6.87. The maximum absolute atomic E-state index is 12.4. The molecule has 1 saturated heterocycles. The van der Waals surface area contributed by atoms with Crippen molar-refractivity contribution >= 4 is 21.6 Å². The molecular formula is C20H24N2O4S. The molecule has 0 saturated carbocycles. The third-order valence-corrected chi connectivity index (χ3v) is 5.98. The molecule has 2 aromatic carbocycles. The van der Waals surface area contributed by atoms with Gasteiger partial charge in [0.1, 0.15) is 11.5 Å². The summed E-state index contributed by atoms with van der Waals surface area (Å²) < 4.78 is 30.3. The summed E-state index contributed by atoms with van der Waals surface area (Å²) >= 11 is 0. The number of carbonyl (C=O) groups is 1. The fourth-order valence-electron chi connectivity index (χ4n) is 3.04. The van der Waals surface area contributed by atoms with Crippen molar-refractivity contribution in [2.45, 2.75) is 19.8 Å². The van der Waals surface area contributed by atoms with E-state index in [9.17, 15) is 13.2 Å². The number of nitrogens with zero attached hydrogens (tertiary/aromatic N) is 1. The molecule has 27 heavy (non-hydrogen) atoms. The molecule has 6 nitrogen and oxygen atoms in total. The van der Waals surface area contributed by atoms with E-state index in [1.54, 1.807) is 12.1 Å². The van der Waals surface area contributed by atoms with E-state index in [4.69, 9.17) is 4.74 Å². The lowest BCUT2D eigenvalue weighted by atomic mass is 9.97. The van der Waals surface area contributed by atoms with Gasteiger partial charge >= 0.3 is 0 Å². The number of benzene rings is 2. The standard InChI is InChI=1S/C20H24N2O4S/c1-15-3-7-18(8-4-15)26-19-9-5-17(6-10-19)21-20(23)16-11-13-22(14-12-16)27(2,24)25/h3-10,16H,11-14H2,1-2H3,(H,21,23). The minimum atomic E-state index is -3.18. The molecule has 0 bridgehead atoms. The maximum Gasteiger partial charge on any atom is 0.227 e. The van der Waals surface area contributed by atoms with E-state index in [0.29, 0.717) is 37.4 Å². The number of aryl methyl sites for hydroxylation is 1. The molecule has 0 atom stereocenters. The number of carbonyl (C=O) groups excluding carboxylic acids is 1. The number of amides is 1. The van der Waals surface area contributed by atoms with Crippen molar-refractivity contribution in [2.24, 2.45) is 5.92 Å². The Labute approximate surface area is 160 Å². The predicted molar refractivity (Wildman–Crippen MR) is 105 cm³/mol. The number of ether oxygens (including phenoxy) is 1. The zero-order valence-electron chi connectivity index (χ0n) is 15.5. The molecule has 0 radical (unpaired) electrons. The van der Waals surface area contributed by atoms with Crippen LogP contribution in [0.3, 0.4) is 0 Å². The highest BCUT2D eigenvalue weighted by molar-refractivity contribution is 7.88. The van der Waals surface area contributed by atoms with Gasteiger partial charge in [-0.3, -0.25) is 4.79 Å². The van der Waals surface area contributed by atoms with E-state index in [2.05, 4.69) is 5.32 Å². The van der Waals surface area contributed by atoms with Crippen LogP contribution in [0.4, 0.5) is 5.69 Å². The number of nitrogens with one attached hydrogen (secondary N) is 1. The normalized spacial score (nSPS) is 16.1. The third kappa shape index (κ3) is 5.30. The Balaban J connectivity index is 1.53. The second kappa shape index (κ2) is 8.10. The van der Waals surface area contributed by atoms with Gasteiger partial charge in [-0.2, -0.15) is 0 Å². The lowest BCUT2D eigenvalue weighted by Gasteiger charge is -2.29. The first-order valence-electron chi connectivity index (χ1n) is 8.92. The number of rotatable bonds is 5. The monoisotopic (exact) mass is 388 g/mol. The van der Waals surface area contributed by atoms with Crippen LogP contribution in [-0.4, -0.2) is 38.0 Å². The molecule has 1 N–H and O–H groups in total. The number of hydrogen-bond donors (Lipinski definition) is 1. The summed E-state index contributed by atoms with van der Waals surface area (Å²) in [6.45, 7) is 2.80. The minimum Gasteiger partial charge on any atom is -0.457 e. The molecule has 1 heterocycles. The van der Waals surface area contributed by atoms with E-state index < -0.39 is 10.0 Å². The zero-order chi connectivity index (χ0) is 19.4. The van der Waals surface area contributed by atoms with Gasteiger partial charge in [0.2, 0.25) is 15.9 Å². The Hall–Kier alpha value is -2.38. The molecule has 0 unspecified atom stereocenters. The van der Waals surface area contributed by atoms with Crippen LogP contribution in [0.15, 0.2) is 48.5 Å². The molecule has 1 aliphatic rings. The summed E-state index contributed by atoms with van der Waals surface area (Å²) in [5, 5.41) is 2.90. The molecule has 7 heteroatoms. The van der Waals surface area contributed by atoms with Crippen molar-refractivity contribution in [2.75, 3.05) is 24.7 Å². The van der Waals surface area contributed by atoms with E-state index in [0.717, 1.165) is 5.75 Å². The van der Waals surface area contributed by atoms with Crippen molar-refractivity contribution in [3.05, 3.63) is 54.1 Å². The molecule has 1 aliphatic heterocycles. The molecular weight excluding hydrogens is 364 g/mol. The Bertz CT molecular complexity index is 885. The highest BCUT2D eigenvalue weighted by Crippen LogP contribution is 2.25. The topological polar surface area (TPSA) is 75.7 Å². The highest BCUT2D eigenvalue weighted by Gasteiger charge is 2.28. The van der Waals surface area contributed by atoms with Crippen LogP contribution < -0.4 is 10.1 Å². The van der Waals surface area contributed by atoms with Gasteiger partial charge < -0.3 is 10.1 Å². The smallest absolute Gasteiger partial charge is 0.227 e. The van der Waals surface area contributed by atoms with Gasteiger partial charge in [-0.05, 0) is 56.2 Å². The Morgan fingerprint density at radius 2 is 1.52 bits per heavy atom. The van der Waals surface area contributed by atoms with E-state index >= 15 is 0 Å². The van der Waals surface area contributed by atoms with Gasteiger partial charge in [0, 0.05) is 24.7 Å². The predicted octanol–water partition coefficient (Wildman–Crippen LogP) is 3.40. The van der Waals surface area contributed by atoms with Crippen LogP contribution in [0.2, 0.25) is 0 Å². The van der Waals surface area contributed by atoms with Crippen molar-refractivity contribution in [3.63, 3.8) is 0 Å². The summed E-state index contributed by atoms with van der Waals surface area (Å²) in [5.74, 6) is 1.20. The summed E-state index contributed by atoms with van der Waals surface area (Å²) in [5.41, 5.74) is 1.87. The first kappa shape index (κ1) is 19.4. The van der Waals surface area contributed by atoms with Gasteiger partial charge in [0.05, 0.1) is 6.26 Å². The molecule has 3 rings (SSSR count). The SMILES string of the molecule is Cc1ccc(Oc2ccc(NC(=O)C3CCN(S(C)(=O)=O)CC3)cc2)cc1. The molecule has 1 amide bonds. The lowest BCUT2D eigenvalue weighted by molar-refractivity contribution is -0.120. The number of piperidine rings is 1. The Kier molecular flexibility index (Phi) is 5.82. The summed E-state index contributed by atoms with van der Waals surface area (Å²) in [6, 6.07) is 15.0. The molecule has 1 fully saturated rings. The fourth-order valence-corrected chi connectivity index (χ4v) is 3.92. The third-order valence-electron chi connectivity index (χ3n) is 4.67. The number of hydrogen-bond acceptors (Lipinski definition) is 4. The second-order valence-corrected chi connectivity index (χ2v) is 8.85. The average Bonchev–Trinajstić information content (AvgIpc) is 2.64. The van der Waals surface area contributed by atoms with Crippen LogP contribution in [-0.2, 0) is 14.8 Å². The Morgan fingerprint density at radius 1 is 1.00 bits per heavy atom. The fraction of sp³-hybridized carbons (Fsp3) is 0.350. The van der Waals surface area contributed by atoms with Crippen molar-refractivity contribution < 1.29 is 17.9 Å². The Morgan fingerprint density at radius 3 is 2.04 bits per heavy atom. The molecule has 0 spiro atoms. The zero-order valence-corrected chi connectivity index (χ0v) is 16.3. The molecule has 2 aromatic rings. The van der Waals surface area contributed by atoms with Crippen LogP contribution >= 0.6 is 0 Å².